The molecule has 5 heteroatoms. The molecule has 0 bridgehead atoms. The molecule has 0 aliphatic carbocycles. The molecule has 2 aromatic rings. The molecule has 0 radical (unpaired) electrons. The van der Waals surface area contributed by atoms with Gasteiger partial charge in [0.05, 0.1) is 19.0 Å². The standard InChI is InChI=1S/C22H33ClN2OS/c1-2-3-4-5-6-7-8-15-26-22(16-25-14-13-24-19-25)18-27-17-20-9-11-21(23)12-10-20/h9-14,19,22H,2-8,15-18H2,1H3. The first-order valence-electron chi connectivity index (χ1n) is 10.2. The van der Waals surface area contributed by atoms with E-state index in [0.29, 0.717) is 0 Å². The summed E-state index contributed by atoms with van der Waals surface area (Å²) in [6.07, 6.45) is 15.1. The average Bonchev–Trinajstić information content (AvgIpc) is 3.18. The molecule has 0 saturated heterocycles. The number of hydrogen-bond acceptors (Lipinski definition) is 3. The first-order chi connectivity index (χ1) is 13.3. The summed E-state index contributed by atoms with van der Waals surface area (Å²) >= 11 is 7.88. The largest absolute Gasteiger partial charge is 0.376 e. The highest BCUT2D eigenvalue weighted by molar-refractivity contribution is 7.98. The van der Waals surface area contributed by atoms with Crippen molar-refractivity contribution in [2.45, 2.75) is 70.3 Å². The Hall–Kier alpha value is -0.970. The molecule has 0 spiro atoms. The molecule has 3 nitrogen and oxygen atoms in total. The van der Waals surface area contributed by atoms with Crippen molar-refractivity contribution in [3.63, 3.8) is 0 Å². The highest BCUT2D eigenvalue weighted by atomic mass is 35.5. The van der Waals surface area contributed by atoms with Crippen LogP contribution in [0.3, 0.4) is 0 Å². The zero-order valence-electron chi connectivity index (χ0n) is 16.5. The fraction of sp³-hybridized carbons (Fsp3) is 0.591. The minimum absolute atomic E-state index is 0.219. The van der Waals surface area contributed by atoms with Crippen molar-refractivity contribution in [3.05, 3.63) is 53.6 Å². The molecule has 1 unspecified atom stereocenters. The smallest absolute Gasteiger partial charge is 0.0946 e. The number of rotatable bonds is 15. The van der Waals surface area contributed by atoms with Crippen molar-refractivity contribution in [1.29, 1.82) is 0 Å². The van der Waals surface area contributed by atoms with Crippen molar-refractivity contribution in [3.8, 4) is 0 Å². The lowest BCUT2D eigenvalue weighted by molar-refractivity contribution is 0.0548. The quantitative estimate of drug-likeness (QED) is 0.310. The van der Waals surface area contributed by atoms with Crippen molar-refractivity contribution in [1.82, 2.24) is 9.55 Å². The van der Waals surface area contributed by atoms with Gasteiger partial charge in [-0.1, -0.05) is 69.2 Å². The third-order valence-corrected chi connectivity index (χ3v) is 5.96. The second kappa shape index (κ2) is 14.1. The third-order valence-electron chi connectivity index (χ3n) is 4.56. The van der Waals surface area contributed by atoms with Crippen LogP contribution in [0.1, 0.15) is 57.4 Å². The monoisotopic (exact) mass is 408 g/mol. The zero-order chi connectivity index (χ0) is 19.2. The summed E-state index contributed by atoms with van der Waals surface area (Å²) in [5.41, 5.74) is 1.30. The summed E-state index contributed by atoms with van der Waals surface area (Å²) in [5.74, 6) is 1.97. The summed E-state index contributed by atoms with van der Waals surface area (Å²) in [6, 6.07) is 8.11. The van der Waals surface area contributed by atoms with Crippen molar-refractivity contribution >= 4 is 23.4 Å². The van der Waals surface area contributed by atoms with Gasteiger partial charge in [0.15, 0.2) is 0 Å². The molecule has 0 aliphatic rings. The lowest BCUT2D eigenvalue weighted by Gasteiger charge is -2.18. The summed E-state index contributed by atoms with van der Waals surface area (Å²) in [5, 5.41) is 0.791. The molecule has 1 heterocycles. The van der Waals surface area contributed by atoms with Crippen LogP contribution in [0.15, 0.2) is 43.0 Å². The van der Waals surface area contributed by atoms with Crippen molar-refractivity contribution < 1.29 is 4.74 Å². The number of hydrogen-bond donors (Lipinski definition) is 0. The molecule has 1 aromatic heterocycles. The lowest BCUT2D eigenvalue weighted by atomic mass is 10.1. The predicted octanol–water partition coefficient (Wildman–Crippen LogP) is 6.61. The van der Waals surface area contributed by atoms with Gasteiger partial charge in [0, 0.05) is 35.5 Å². The maximum atomic E-state index is 6.21. The maximum Gasteiger partial charge on any atom is 0.0946 e. The van der Waals surface area contributed by atoms with Gasteiger partial charge in [-0.3, -0.25) is 0 Å². The Labute approximate surface area is 173 Å². The van der Waals surface area contributed by atoms with E-state index in [-0.39, 0.29) is 6.10 Å². The minimum Gasteiger partial charge on any atom is -0.376 e. The van der Waals surface area contributed by atoms with Gasteiger partial charge in [-0.2, -0.15) is 11.8 Å². The number of benzene rings is 1. The number of nitrogens with zero attached hydrogens (tertiary/aromatic N) is 2. The Bertz CT molecular complexity index is 589. The molecule has 2 rings (SSSR count). The van der Waals surface area contributed by atoms with Crippen LogP contribution in [0.2, 0.25) is 5.02 Å². The molecule has 0 N–H and O–H groups in total. The van der Waals surface area contributed by atoms with Gasteiger partial charge in [-0.25, -0.2) is 4.98 Å². The van der Waals surface area contributed by atoms with E-state index in [1.807, 2.05) is 42.6 Å². The van der Waals surface area contributed by atoms with Crippen LogP contribution in [-0.4, -0.2) is 28.0 Å². The second-order valence-electron chi connectivity index (χ2n) is 7.02. The first-order valence-corrected chi connectivity index (χ1v) is 11.7. The van der Waals surface area contributed by atoms with Gasteiger partial charge in [0.2, 0.25) is 0 Å². The maximum absolute atomic E-state index is 6.21. The molecule has 1 aromatic carbocycles. The fourth-order valence-corrected chi connectivity index (χ4v) is 4.12. The Morgan fingerprint density at radius 1 is 1.07 bits per heavy atom. The number of unbranched alkanes of at least 4 members (excludes halogenated alkanes) is 6. The van der Waals surface area contributed by atoms with E-state index >= 15 is 0 Å². The van der Waals surface area contributed by atoms with Crippen molar-refractivity contribution in [2.24, 2.45) is 0 Å². The molecule has 0 saturated carbocycles. The van der Waals surface area contributed by atoms with Crippen LogP contribution >= 0.6 is 23.4 Å². The van der Waals surface area contributed by atoms with Gasteiger partial charge in [0.25, 0.3) is 0 Å². The van der Waals surface area contributed by atoms with Crippen LogP contribution in [0.25, 0.3) is 0 Å². The summed E-state index contributed by atoms with van der Waals surface area (Å²) in [6.45, 7) is 3.98. The molecule has 0 amide bonds. The van der Waals surface area contributed by atoms with Gasteiger partial charge in [0.1, 0.15) is 0 Å². The first kappa shape index (κ1) is 22.3. The number of ether oxygens (including phenoxy) is 1. The van der Waals surface area contributed by atoms with E-state index in [1.54, 1.807) is 0 Å². The van der Waals surface area contributed by atoms with E-state index in [2.05, 4.69) is 28.6 Å². The highest BCUT2D eigenvalue weighted by Gasteiger charge is 2.10. The van der Waals surface area contributed by atoms with Crippen LogP contribution in [0, 0.1) is 0 Å². The molecule has 27 heavy (non-hydrogen) atoms. The van der Waals surface area contributed by atoms with Gasteiger partial charge in [-0.05, 0) is 24.1 Å². The zero-order valence-corrected chi connectivity index (χ0v) is 18.1. The fourth-order valence-electron chi connectivity index (χ4n) is 2.98. The van der Waals surface area contributed by atoms with E-state index < -0.39 is 0 Å². The Morgan fingerprint density at radius 2 is 1.81 bits per heavy atom. The topological polar surface area (TPSA) is 27.1 Å². The van der Waals surface area contributed by atoms with Crippen LogP contribution < -0.4 is 0 Å². The summed E-state index contributed by atoms with van der Waals surface area (Å²) in [7, 11) is 0. The SMILES string of the molecule is CCCCCCCCCOC(CSCc1ccc(Cl)cc1)Cn1ccnc1. The Morgan fingerprint density at radius 3 is 2.52 bits per heavy atom. The minimum atomic E-state index is 0.219. The number of imidazole rings is 1. The molecule has 150 valence electrons. The third kappa shape index (κ3) is 10.2. The van der Waals surface area contributed by atoms with Gasteiger partial charge < -0.3 is 9.30 Å². The molecular weight excluding hydrogens is 376 g/mol. The van der Waals surface area contributed by atoms with Crippen molar-refractivity contribution in [2.75, 3.05) is 12.4 Å². The lowest BCUT2D eigenvalue weighted by Crippen LogP contribution is -2.23. The summed E-state index contributed by atoms with van der Waals surface area (Å²) < 4.78 is 8.32. The molecular formula is C22H33ClN2OS. The molecule has 0 fully saturated rings. The van der Waals surface area contributed by atoms with Gasteiger partial charge in [-0.15, -0.1) is 0 Å². The second-order valence-corrected chi connectivity index (χ2v) is 8.48. The molecule has 1 atom stereocenters. The summed E-state index contributed by atoms with van der Waals surface area (Å²) in [4.78, 5) is 4.14. The number of halogens is 1. The van der Waals surface area contributed by atoms with Gasteiger partial charge >= 0.3 is 0 Å². The number of thioether (sulfide) groups is 1. The predicted molar refractivity (Wildman–Crippen MR) is 118 cm³/mol. The Kier molecular flexibility index (Phi) is 11.6. The van der Waals surface area contributed by atoms with Crippen LogP contribution in [0.4, 0.5) is 0 Å². The van der Waals surface area contributed by atoms with Crippen LogP contribution in [0.5, 0.6) is 0 Å². The van der Waals surface area contributed by atoms with E-state index in [4.69, 9.17) is 16.3 Å². The highest BCUT2D eigenvalue weighted by Crippen LogP contribution is 2.18. The van der Waals surface area contributed by atoms with E-state index in [9.17, 15) is 0 Å². The number of aromatic nitrogens is 2. The average molecular weight is 409 g/mol. The normalized spacial score (nSPS) is 12.4. The Balaban J connectivity index is 1.66. The van der Waals surface area contributed by atoms with E-state index in [1.165, 1.54) is 44.1 Å². The van der Waals surface area contributed by atoms with E-state index in [0.717, 1.165) is 36.1 Å². The molecule has 0 aliphatic heterocycles. The van der Waals surface area contributed by atoms with Crippen LogP contribution in [-0.2, 0) is 17.0 Å².